The van der Waals surface area contributed by atoms with Crippen molar-refractivity contribution in [3.05, 3.63) is 109 Å². The molecule has 0 unspecified atom stereocenters. The summed E-state index contributed by atoms with van der Waals surface area (Å²) < 4.78 is 106. The Hall–Kier alpha value is -3.17. The molecular formula is C33H27N5Na2O9S3. The van der Waals surface area contributed by atoms with E-state index in [-0.39, 0.29) is 75.4 Å². The van der Waals surface area contributed by atoms with Crippen LogP contribution in [0.3, 0.4) is 0 Å². The third kappa shape index (κ3) is 9.12. The summed E-state index contributed by atoms with van der Waals surface area (Å²) in [6.07, 6.45) is 0. The van der Waals surface area contributed by atoms with Crippen molar-refractivity contribution in [1.29, 1.82) is 0 Å². The molecule has 14 nitrogen and oxygen atoms in total. The van der Waals surface area contributed by atoms with Gasteiger partial charge in [-0.25, -0.2) is 30.2 Å². The Morgan fingerprint density at radius 1 is 0.673 bits per heavy atom. The number of nitrogens with one attached hydrogen (secondary N) is 1. The predicted molar refractivity (Wildman–Crippen MR) is 182 cm³/mol. The number of aromatic nitrogens is 2. The minimum absolute atomic E-state index is 0. The Balaban J connectivity index is 0.00000302. The molecule has 6 aromatic rings. The summed E-state index contributed by atoms with van der Waals surface area (Å²) >= 11 is 0. The van der Waals surface area contributed by atoms with Gasteiger partial charge in [0.25, 0.3) is 0 Å². The number of nitrogens with zero attached hydrogens (tertiary/aromatic N) is 3. The van der Waals surface area contributed by atoms with Gasteiger partial charge in [-0.1, -0.05) is 12.1 Å². The molecule has 5 aromatic carbocycles. The topological polar surface area (TPSA) is 230 Å². The summed E-state index contributed by atoms with van der Waals surface area (Å²) in [7, 11) is -14.2. The van der Waals surface area contributed by atoms with Crippen LogP contribution < -0.4 is 79.6 Å². The number of nitrogens with two attached hydrogens (primary N) is 1. The van der Waals surface area contributed by atoms with Crippen LogP contribution in [-0.4, -0.2) is 50.4 Å². The molecule has 0 bridgehead atoms. The number of nitrogen functional groups attached to an aromatic ring is 1. The Morgan fingerprint density at radius 3 is 1.75 bits per heavy atom. The van der Waals surface area contributed by atoms with Gasteiger partial charge in [-0.2, -0.15) is 0 Å². The van der Waals surface area contributed by atoms with E-state index in [9.17, 15) is 38.9 Å². The van der Waals surface area contributed by atoms with Crippen LogP contribution in [0.25, 0.3) is 27.8 Å². The largest absolute Gasteiger partial charge is 1.00 e. The van der Waals surface area contributed by atoms with Crippen LogP contribution in [0.1, 0.15) is 12.5 Å². The van der Waals surface area contributed by atoms with Gasteiger partial charge in [0.1, 0.15) is 41.4 Å². The van der Waals surface area contributed by atoms with E-state index in [2.05, 4.69) is 5.32 Å². The minimum Gasteiger partial charge on any atom is -0.744 e. The number of hydrogen-bond acceptors (Lipinski definition) is 13. The quantitative estimate of drug-likeness (QED) is 0.0493. The van der Waals surface area contributed by atoms with Crippen molar-refractivity contribution in [2.75, 3.05) is 22.5 Å². The zero-order valence-corrected chi connectivity index (χ0v) is 34.5. The second-order valence-electron chi connectivity index (χ2n) is 11.2. The number of fused-ring (bicyclic) bond motifs is 2. The van der Waals surface area contributed by atoms with Gasteiger partial charge in [-0.15, -0.1) is 4.57 Å². The Morgan fingerprint density at radius 2 is 1.19 bits per heavy atom. The summed E-state index contributed by atoms with van der Waals surface area (Å²) in [6, 6.07) is 25.7. The molecule has 52 heavy (non-hydrogen) atoms. The standard InChI is InChI=1S/C33H29N5O9S3.2Na/c1-2-37(20-21-3-10-26(11-4-21)48(39,40)41)25-9-16-30-32(19-25)38(24-7-12-27(13-8-24)49(42,43)44)31-17-22(6-15-29(31)36-30)35-23-5-14-28(34)33(18-23)50(45,46)47;;/h3-19H,2,20H2,1H3,(H5,34,36,39,40,41,42,43,44,45,46,47);;/q;2*+1/p-2. The predicted octanol–water partition coefficient (Wildman–Crippen LogP) is -2.26. The van der Waals surface area contributed by atoms with E-state index in [1.807, 2.05) is 34.6 Å². The van der Waals surface area contributed by atoms with Crippen molar-refractivity contribution in [2.24, 2.45) is 0 Å². The maximum atomic E-state index is 11.7. The number of rotatable bonds is 10. The van der Waals surface area contributed by atoms with Crippen LogP contribution in [0, 0.1) is 0 Å². The molecule has 1 heterocycles. The van der Waals surface area contributed by atoms with Gasteiger partial charge in [0.2, 0.25) is 16.7 Å². The van der Waals surface area contributed by atoms with Gasteiger partial charge in [0, 0.05) is 60.1 Å². The van der Waals surface area contributed by atoms with Crippen molar-refractivity contribution in [2.45, 2.75) is 28.2 Å². The molecule has 0 aliphatic heterocycles. The average molecular weight is 780 g/mol. The van der Waals surface area contributed by atoms with Crippen LogP contribution in [0.2, 0.25) is 0 Å². The zero-order valence-electron chi connectivity index (χ0n) is 28.0. The molecule has 1 aromatic heterocycles. The van der Waals surface area contributed by atoms with Gasteiger partial charge in [-0.3, -0.25) is 0 Å². The van der Waals surface area contributed by atoms with E-state index < -0.39 is 40.1 Å². The fourth-order valence-corrected chi connectivity index (χ4v) is 7.09. The summed E-state index contributed by atoms with van der Waals surface area (Å²) in [5.74, 6) is 0. The fraction of sp³-hybridized carbons (Fsp3) is 0.0909. The number of hydrogen-bond donors (Lipinski definition) is 2. The molecule has 0 atom stereocenters. The molecule has 19 heteroatoms. The van der Waals surface area contributed by atoms with Crippen molar-refractivity contribution in [3.8, 4) is 5.69 Å². The molecule has 0 aliphatic rings. The van der Waals surface area contributed by atoms with E-state index in [0.29, 0.717) is 46.5 Å². The van der Waals surface area contributed by atoms with Gasteiger partial charge in [0.05, 0.1) is 14.7 Å². The molecule has 6 rings (SSSR count). The Bertz CT molecular complexity index is 2630. The Labute approximate surface area is 344 Å². The molecule has 0 fully saturated rings. The molecule has 0 saturated heterocycles. The molecular weight excluding hydrogens is 753 g/mol. The summed E-state index contributed by atoms with van der Waals surface area (Å²) in [6.45, 7) is 2.85. The SMILES string of the molecule is CCN(Cc1ccc(S(=O)(=O)[O-])cc1)c1ccc2nc3ccc(Nc4ccc(N)c(S(=O)(=O)[O-])c4)cc3[n+](-c3ccc(S(=O)(=O)[O-])cc3)c2c1.[Na+].[Na+]. The maximum Gasteiger partial charge on any atom is 1.00 e. The zero-order chi connectivity index (χ0) is 36.0. The second-order valence-corrected chi connectivity index (χ2v) is 15.3. The van der Waals surface area contributed by atoms with Crippen molar-refractivity contribution in [3.63, 3.8) is 0 Å². The van der Waals surface area contributed by atoms with Crippen LogP contribution in [0.5, 0.6) is 0 Å². The summed E-state index contributed by atoms with van der Waals surface area (Å²) in [5, 5.41) is 3.08. The molecule has 0 amide bonds. The maximum absolute atomic E-state index is 11.7. The molecule has 258 valence electrons. The fourth-order valence-electron chi connectivity index (χ4n) is 5.52. The molecule has 0 spiro atoms. The first-order valence-corrected chi connectivity index (χ1v) is 19.0. The average Bonchev–Trinajstić information content (AvgIpc) is 3.06. The van der Waals surface area contributed by atoms with Gasteiger partial charge >= 0.3 is 59.1 Å². The molecule has 3 N–H and O–H groups in total. The minimum atomic E-state index is -4.84. The van der Waals surface area contributed by atoms with Crippen LogP contribution in [0.4, 0.5) is 22.7 Å². The van der Waals surface area contributed by atoms with E-state index in [1.165, 1.54) is 48.5 Å². The molecule has 0 aliphatic carbocycles. The first-order valence-electron chi connectivity index (χ1n) is 14.8. The van der Waals surface area contributed by atoms with Gasteiger partial charge < -0.3 is 29.6 Å². The van der Waals surface area contributed by atoms with Crippen LogP contribution in [0.15, 0.2) is 118 Å². The van der Waals surface area contributed by atoms with E-state index in [4.69, 9.17) is 10.7 Å². The van der Waals surface area contributed by atoms with Gasteiger partial charge in [0.15, 0.2) is 0 Å². The van der Waals surface area contributed by atoms with Gasteiger partial charge in [-0.05, 0) is 79.2 Å². The summed E-state index contributed by atoms with van der Waals surface area (Å²) in [4.78, 5) is 5.54. The van der Waals surface area contributed by atoms with E-state index in [1.54, 1.807) is 30.3 Å². The normalized spacial score (nSPS) is 11.8. The number of benzene rings is 5. The smallest absolute Gasteiger partial charge is 0.744 e. The first-order chi connectivity index (χ1) is 23.5. The number of anilines is 4. The summed E-state index contributed by atoms with van der Waals surface area (Å²) in [5.41, 5.74) is 10.6. The third-order valence-corrected chi connectivity index (χ3v) is 10.5. The third-order valence-electron chi connectivity index (χ3n) is 7.94. The Kier molecular flexibility index (Phi) is 12.8. The van der Waals surface area contributed by atoms with Crippen molar-refractivity contribution in [1.82, 2.24) is 4.98 Å². The van der Waals surface area contributed by atoms with Crippen molar-refractivity contribution >= 4 is 75.2 Å². The van der Waals surface area contributed by atoms with E-state index in [0.717, 1.165) is 17.3 Å². The monoisotopic (exact) mass is 779 g/mol. The molecule has 0 radical (unpaired) electrons. The molecule has 0 saturated carbocycles. The first kappa shape index (κ1) is 41.6. The van der Waals surface area contributed by atoms with Crippen LogP contribution in [-0.2, 0) is 36.9 Å². The van der Waals surface area contributed by atoms with Crippen LogP contribution >= 0.6 is 0 Å². The van der Waals surface area contributed by atoms with Crippen molar-refractivity contribution < 1.29 is 103 Å². The van der Waals surface area contributed by atoms with E-state index >= 15 is 0 Å². The second kappa shape index (κ2) is 16.1.